The van der Waals surface area contributed by atoms with E-state index in [1.807, 2.05) is 24.3 Å². The molecule has 0 spiro atoms. The van der Waals surface area contributed by atoms with Crippen LogP contribution in [0, 0.1) is 0 Å². The molecule has 0 radical (unpaired) electrons. The second-order valence-electron chi connectivity index (χ2n) is 5.35. The molecule has 0 atom stereocenters. The highest BCUT2D eigenvalue weighted by Gasteiger charge is 2.06. The molecule has 0 unspecified atom stereocenters. The Kier molecular flexibility index (Phi) is 5.23. The van der Waals surface area contributed by atoms with Crippen molar-refractivity contribution in [3.8, 4) is 5.75 Å². The van der Waals surface area contributed by atoms with E-state index in [9.17, 15) is 14.7 Å². The van der Waals surface area contributed by atoms with Crippen LogP contribution < -0.4 is 15.3 Å². The number of carboxylic acids is 1. The lowest BCUT2D eigenvalue weighted by Gasteiger charge is -2.09. The van der Waals surface area contributed by atoms with Gasteiger partial charge in [0.05, 0.1) is 29.5 Å². The molecule has 1 N–H and O–H groups in total. The quantitative estimate of drug-likeness (QED) is 0.487. The Morgan fingerprint density at radius 2 is 1.96 bits per heavy atom. The van der Waals surface area contributed by atoms with Crippen LogP contribution in [0.3, 0.4) is 0 Å². The molecule has 2 aromatic carbocycles. The number of carbonyl (C=O) groups is 2. The molecule has 8 heteroatoms. The van der Waals surface area contributed by atoms with Crippen LogP contribution in [0.15, 0.2) is 60.0 Å². The van der Waals surface area contributed by atoms with E-state index in [2.05, 4.69) is 15.5 Å². The van der Waals surface area contributed by atoms with Crippen LogP contribution in [0.5, 0.6) is 5.75 Å². The van der Waals surface area contributed by atoms with E-state index in [4.69, 9.17) is 4.74 Å². The monoisotopic (exact) mass is 351 g/mol. The molecule has 1 aromatic heterocycles. The molecule has 132 valence electrons. The summed E-state index contributed by atoms with van der Waals surface area (Å²) in [6.45, 7) is -0.494. The third kappa shape index (κ3) is 4.23. The van der Waals surface area contributed by atoms with Gasteiger partial charge in [0, 0.05) is 5.56 Å². The van der Waals surface area contributed by atoms with Gasteiger partial charge in [-0.3, -0.25) is 4.79 Å². The number of ether oxygens (including phenoxy) is 1. The molecule has 1 heterocycles. The Labute approximate surface area is 148 Å². The van der Waals surface area contributed by atoms with E-state index in [1.165, 1.54) is 6.21 Å². The highest BCUT2D eigenvalue weighted by molar-refractivity contribution is 5.86. The fourth-order valence-corrected chi connectivity index (χ4v) is 2.36. The van der Waals surface area contributed by atoms with Crippen molar-refractivity contribution < 1.29 is 19.4 Å². The normalized spacial score (nSPS) is 10.9. The predicted molar refractivity (Wildman–Crippen MR) is 92.4 cm³/mol. The maximum atomic E-state index is 12.1. The van der Waals surface area contributed by atoms with Crippen LogP contribution in [0.4, 0.5) is 0 Å². The largest absolute Gasteiger partial charge is 0.546 e. The first kappa shape index (κ1) is 17.2. The summed E-state index contributed by atoms with van der Waals surface area (Å²) in [6, 6.07) is 14.2. The van der Waals surface area contributed by atoms with E-state index in [0.717, 1.165) is 11.0 Å². The van der Waals surface area contributed by atoms with Crippen molar-refractivity contribution >= 4 is 29.1 Å². The lowest BCUT2D eigenvalue weighted by molar-refractivity contribution is -0.307. The zero-order chi connectivity index (χ0) is 18.4. The third-order valence-corrected chi connectivity index (χ3v) is 3.50. The minimum absolute atomic E-state index is 0.0701. The first-order valence-electron chi connectivity index (χ1n) is 7.77. The van der Waals surface area contributed by atoms with Crippen LogP contribution in [0.1, 0.15) is 5.56 Å². The Hall–Kier alpha value is -3.68. The highest BCUT2D eigenvalue weighted by Crippen LogP contribution is 2.15. The van der Waals surface area contributed by atoms with E-state index in [-0.39, 0.29) is 12.5 Å². The third-order valence-electron chi connectivity index (χ3n) is 3.50. The summed E-state index contributed by atoms with van der Waals surface area (Å²) in [7, 11) is 0. The van der Waals surface area contributed by atoms with Crippen LogP contribution >= 0.6 is 0 Å². The zero-order valence-electron chi connectivity index (χ0n) is 13.7. The molecule has 0 aliphatic rings. The fraction of sp³-hybridized carbons (Fsp3) is 0.111. The molecule has 26 heavy (non-hydrogen) atoms. The Morgan fingerprint density at radius 3 is 2.81 bits per heavy atom. The number of nitrogens with one attached hydrogen (secondary N) is 1. The van der Waals surface area contributed by atoms with Crippen molar-refractivity contribution in [2.24, 2.45) is 5.10 Å². The molecule has 3 rings (SSSR count). The smallest absolute Gasteiger partial charge is 0.260 e. The van der Waals surface area contributed by atoms with Crippen molar-refractivity contribution in [3.63, 3.8) is 0 Å². The summed E-state index contributed by atoms with van der Waals surface area (Å²) < 4.78 is 6.83. The number of hydrazone groups is 1. The zero-order valence-corrected chi connectivity index (χ0v) is 13.7. The molecule has 0 saturated carbocycles. The second-order valence-corrected chi connectivity index (χ2v) is 5.35. The number of fused-ring (bicyclic) bond motifs is 1. The first-order chi connectivity index (χ1) is 12.6. The number of hydrogen-bond acceptors (Lipinski definition) is 6. The molecule has 0 aliphatic carbocycles. The number of imidazole rings is 1. The number of amides is 1. The SMILES string of the molecule is O=C([O-])COc1ccccc1/C=N\NC(=O)Cn1cnc2ccccc21. The van der Waals surface area contributed by atoms with Gasteiger partial charge >= 0.3 is 0 Å². The van der Waals surface area contributed by atoms with Gasteiger partial charge < -0.3 is 19.2 Å². The second kappa shape index (κ2) is 7.93. The van der Waals surface area contributed by atoms with Gasteiger partial charge in [0.1, 0.15) is 18.9 Å². The van der Waals surface area contributed by atoms with Crippen LogP contribution in [0.2, 0.25) is 0 Å². The summed E-state index contributed by atoms with van der Waals surface area (Å²) in [5.41, 5.74) is 4.62. The number of aromatic nitrogens is 2. The van der Waals surface area contributed by atoms with Crippen LogP contribution in [-0.2, 0) is 16.1 Å². The van der Waals surface area contributed by atoms with Crippen molar-refractivity contribution in [2.75, 3.05) is 6.61 Å². The molecule has 3 aromatic rings. The fourth-order valence-electron chi connectivity index (χ4n) is 2.36. The summed E-state index contributed by atoms with van der Waals surface area (Å²) in [6.07, 6.45) is 2.98. The van der Waals surface area contributed by atoms with Gasteiger partial charge in [0.2, 0.25) is 0 Å². The number of benzene rings is 2. The molecular weight excluding hydrogens is 336 g/mol. The van der Waals surface area contributed by atoms with Crippen LogP contribution in [-0.4, -0.2) is 34.2 Å². The summed E-state index contributed by atoms with van der Waals surface area (Å²) in [5, 5.41) is 14.4. The molecule has 0 bridgehead atoms. The Bertz CT molecular complexity index is 964. The van der Waals surface area contributed by atoms with Gasteiger partial charge in [0.25, 0.3) is 5.91 Å². The van der Waals surface area contributed by atoms with Gasteiger partial charge in [-0.2, -0.15) is 5.10 Å². The maximum absolute atomic E-state index is 12.1. The number of hydrogen-bond donors (Lipinski definition) is 1. The molecule has 0 saturated heterocycles. The molecule has 1 amide bonds. The Morgan fingerprint density at radius 1 is 1.19 bits per heavy atom. The average Bonchev–Trinajstić information content (AvgIpc) is 3.04. The van der Waals surface area contributed by atoms with E-state index in [0.29, 0.717) is 11.3 Å². The molecule has 0 fully saturated rings. The molecule has 0 aliphatic heterocycles. The average molecular weight is 351 g/mol. The lowest BCUT2D eigenvalue weighted by atomic mass is 10.2. The number of nitrogens with zero attached hydrogens (tertiary/aromatic N) is 3. The maximum Gasteiger partial charge on any atom is 0.260 e. The van der Waals surface area contributed by atoms with Gasteiger partial charge in [-0.15, -0.1) is 0 Å². The number of carbonyl (C=O) groups excluding carboxylic acids is 2. The summed E-state index contributed by atoms with van der Waals surface area (Å²) in [5.74, 6) is -1.31. The lowest BCUT2D eigenvalue weighted by Crippen LogP contribution is -2.29. The molecule has 8 nitrogen and oxygen atoms in total. The minimum atomic E-state index is -1.32. The number of carboxylic acid groups (broad SMARTS) is 1. The first-order valence-corrected chi connectivity index (χ1v) is 7.77. The van der Waals surface area contributed by atoms with Crippen molar-refractivity contribution in [2.45, 2.75) is 6.54 Å². The van der Waals surface area contributed by atoms with Gasteiger partial charge in [0.15, 0.2) is 0 Å². The van der Waals surface area contributed by atoms with Crippen LogP contribution in [0.25, 0.3) is 11.0 Å². The van der Waals surface area contributed by atoms with Crippen molar-refractivity contribution in [3.05, 3.63) is 60.4 Å². The number of para-hydroxylation sites is 3. The van der Waals surface area contributed by atoms with Gasteiger partial charge in [-0.05, 0) is 24.3 Å². The summed E-state index contributed by atoms with van der Waals surface area (Å²) >= 11 is 0. The van der Waals surface area contributed by atoms with Gasteiger partial charge in [-0.1, -0.05) is 24.3 Å². The van der Waals surface area contributed by atoms with Crippen molar-refractivity contribution in [1.29, 1.82) is 0 Å². The standard InChI is InChI=1S/C18H16N4O4/c23-17(10-22-12-19-14-6-2-3-7-15(14)22)21-20-9-13-5-1-4-8-16(13)26-11-18(24)25/h1-9,12H,10-11H2,(H,21,23)(H,24,25)/p-1/b20-9-. The summed E-state index contributed by atoms with van der Waals surface area (Å²) in [4.78, 5) is 26.8. The van der Waals surface area contributed by atoms with Crippen molar-refractivity contribution in [1.82, 2.24) is 15.0 Å². The molecular formula is C18H15N4O4-. The number of aliphatic carboxylic acids is 1. The van der Waals surface area contributed by atoms with E-state index >= 15 is 0 Å². The van der Waals surface area contributed by atoms with E-state index in [1.54, 1.807) is 35.2 Å². The Balaban J connectivity index is 1.62. The number of rotatable bonds is 7. The van der Waals surface area contributed by atoms with Gasteiger partial charge in [-0.25, -0.2) is 10.4 Å². The van der Waals surface area contributed by atoms with E-state index < -0.39 is 12.6 Å². The highest BCUT2D eigenvalue weighted by atomic mass is 16.5. The predicted octanol–water partition coefficient (Wildman–Crippen LogP) is 0.315. The minimum Gasteiger partial charge on any atom is -0.546 e. The topological polar surface area (TPSA) is 109 Å².